The van der Waals surface area contributed by atoms with Gasteiger partial charge in [-0.2, -0.15) is 0 Å². The maximum atomic E-state index is 12.8. The summed E-state index contributed by atoms with van der Waals surface area (Å²) in [5.41, 5.74) is 6.56. The van der Waals surface area contributed by atoms with E-state index in [-0.39, 0.29) is 5.91 Å². The van der Waals surface area contributed by atoms with Gasteiger partial charge in [-0.05, 0) is 90.4 Å². The molecule has 1 amide bonds. The Labute approximate surface area is 191 Å². The molecule has 4 rings (SSSR count). The summed E-state index contributed by atoms with van der Waals surface area (Å²) in [6.07, 6.45) is 0. The van der Waals surface area contributed by atoms with E-state index in [9.17, 15) is 4.79 Å². The van der Waals surface area contributed by atoms with E-state index in [0.717, 1.165) is 39.3 Å². The summed E-state index contributed by atoms with van der Waals surface area (Å²) < 4.78 is 0.991. The molecule has 0 spiro atoms. The SMILES string of the molecule is Cc1cc(C)c(-c2ccc(N3CCN(C(=O)c4ccccc4I)CC3)nn2)cc1C. The summed E-state index contributed by atoms with van der Waals surface area (Å²) in [6.45, 7) is 9.24. The van der Waals surface area contributed by atoms with Crippen LogP contribution in [0.3, 0.4) is 0 Å². The van der Waals surface area contributed by atoms with Gasteiger partial charge >= 0.3 is 0 Å². The van der Waals surface area contributed by atoms with E-state index in [0.29, 0.717) is 13.1 Å². The van der Waals surface area contributed by atoms with Gasteiger partial charge in [0.15, 0.2) is 5.82 Å². The number of benzene rings is 2. The number of amides is 1. The number of nitrogens with zero attached hydrogens (tertiary/aromatic N) is 4. The van der Waals surface area contributed by atoms with E-state index in [1.165, 1.54) is 16.7 Å². The molecule has 154 valence electrons. The van der Waals surface area contributed by atoms with Gasteiger partial charge in [-0.15, -0.1) is 10.2 Å². The molecule has 0 unspecified atom stereocenters. The van der Waals surface area contributed by atoms with Gasteiger partial charge in [-0.3, -0.25) is 4.79 Å². The zero-order valence-electron chi connectivity index (χ0n) is 17.5. The van der Waals surface area contributed by atoms with Crippen molar-refractivity contribution >= 4 is 34.3 Å². The fourth-order valence-electron chi connectivity index (χ4n) is 3.82. The summed E-state index contributed by atoms with van der Waals surface area (Å²) in [5.74, 6) is 0.966. The maximum Gasteiger partial charge on any atom is 0.255 e. The number of aryl methyl sites for hydroxylation is 3. The molecule has 1 aliphatic rings. The topological polar surface area (TPSA) is 49.3 Å². The zero-order valence-corrected chi connectivity index (χ0v) is 19.7. The number of carbonyl (C=O) groups is 1. The number of hydrogen-bond acceptors (Lipinski definition) is 4. The maximum absolute atomic E-state index is 12.8. The first-order valence-electron chi connectivity index (χ1n) is 10.1. The number of hydrogen-bond donors (Lipinski definition) is 0. The summed E-state index contributed by atoms with van der Waals surface area (Å²) in [6, 6.07) is 16.2. The highest BCUT2D eigenvalue weighted by molar-refractivity contribution is 14.1. The molecule has 30 heavy (non-hydrogen) atoms. The van der Waals surface area contributed by atoms with Crippen molar-refractivity contribution in [3.05, 3.63) is 74.4 Å². The van der Waals surface area contributed by atoms with Gasteiger partial charge in [-0.1, -0.05) is 18.2 Å². The van der Waals surface area contributed by atoms with E-state index in [1.54, 1.807) is 0 Å². The predicted octanol–water partition coefficient (Wildman–Crippen LogP) is 4.64. The third-order valence-corrected chi connectivity index (χ3v) is 6.70. The molecule has 0 aliphatic carbocycles. The average Bonchev–Trinajstić information content (AvgIpc) is 2.76. The minimum atomic E-state index is 0.103. The molecular weight excluding hydrogens is 487 g/mol. The molecule has 1 aliphatic heterocycles. The third-order valence-electron chi connectivity index (χ3n) is 5.76. The monoisotopic (exact) mass is 512 g/mol. The Bertz CT molecular complexity index is 1070. The van der Waals surface area contributed by atoms with Gasteiger partial charge in [0, 0.05) is 35.3 Å². The standard InChI is InChI=1S/C24H25IN4O/c1-16-14-18(3)20(15-17(16)2)22-8-9-23(27-26-22)28-10-12-29(13-11-28)24(30)19-6-4-5-7-21(19)25/h4-9,14-15H,10-13H2,1-3H3. The van der Waals surface area contributed by atoms with Crippen molar-refractivity contribution in [3.8, 4) is 11.3 Å². The highest BCUT2D eigenvalue weighted by Gasteiger charge is 2.24. The van der Waals surface area contributed by atoms with E-state index >= 15 is 0 Å². The first-order chi connectivity index (χ1) is 14.4. The molecule has 1 aromatic heterocycles. The van der Waals surface area contributed by atoms with Crippen LogP contribution in [0.1, 0.15) is 27.0 Å². The second-order valence-corrected chi connectivity index (χ2v) is 8.95. The van der Waals surface area contributed by atoms with Crippen molar-refractivity contribution in [2.24, 2.45) is 0 Å². The molecule has 2 heterocycles. The molecule has 1 fully saturated rings. The largest absolute Gasteiger partial charge is 0.352 e. The van der Waals surface area contributed by atoms with Crippen molar-refractivity contribution in [1.29, 1.82) is 0 Å². The lowest BCUT2D eigenvalue weighted by Crippen LogP contribution is -2.49. The van der Waals surface area contributed by atoms with Crippen LogP contribution in [0.5, 0.6) is 0 Å². The van der Waals surface area contributed by atoms with Crippen LogP contribution in [0, 0.1) is 24.3 Å². The number of carbonyl (C=O) groups excluding carboxylic acids is 1. The minimum Gasteiger partial charge on any atom is -0.352 e. The Balaban J connectivity index is 1.44. The van der Waals surface area contributed by atoms with E-state index in [1.807, 2.05) is 41.3 Å². The minimum absolute atomic E-state index is 0.103. The summed E-state index contributed by atoms with van der Waals surface area (Å²) in [7, 11) is 0. The van der Waals surface area contributed by atoms with Crippen molar-refractivity contribution in [3.63, 3.8) is 0 Å². The van der Waals surface area contributed by atoms with Crippen molar-refractivity contribution in [2.75, 3.05) is 31.1 Å². The van der Waals surface area contributed by atoms with E-state index in [2.05, 4.69) is 70.6 Å². The Morgan fingerprint density at radius 1 is 0.867 bits per heavy atom. The number of rotatable bonds is 3. The molecule has 0 radical (unpaired) electrons. The molecule has 1 saturated heterocycles. The second-order valence-electron chi connectivity index (χ2n) is 7.79. The first kappa shape index (κ1) is 20.8. The Kier molecular flexibility index (Phi) is 6.04. The fraction of sp³-hybridized carbons (Fsp3) is 0.292. The lowest BCUT2D eigenvalue weighted by molar-refractivity contribution is 0.0745. The van der Waals surface area contributed by atoms with Crippen LogP contribution >= 0.6 is 22.6 Å². The lowest BCUT2D eigenvalue weighted by Gasteiger charge is -2.35. The Hall–Kier alpha value is -2.48. The molecule has 2 aromatic carbocycles. The zero-order chi connectivity index (χ0) is 21.3. The molecule has 0 bridgehead atoms. The van der Waals surface area contributed by atoms with Crippen molar-refractivity contribution in [2.45, 2.75) is 20.8 Å². The Morgan fingerprint density at radius 3 is 2.23 bits per heavy atom. The molecule has 0 N–H and O–H groups in total. The van der Waals surface area contributed by atoms with Crippen LogP contribution in [-0.2, 0) is 0 Å². The van der Waals surface area contributed by atoms with Gasteiger partial charge in [-0.25, -0.2) is 0 Å². The van der Waals surface area contributed by atoms with Crippen LogP contribution in [0.4, 0.5) is 5.82 Å². The quantitative estimate of drug-likeness (QED) is 0.480. The summed E-state index contributed by atoms with van der Waals surface area (Å²) in [4.78, 5) is 16.9. The van der Waals surface area contributed by atoms with E-state index < -0.39 is 0 Å². The first-order valence-corrected chi connectivity index (χ1v) is 11.2. The van der Waals surface area contributed by atoms with Gasteiger partial charge in [0.05, 0.1) is 11.3 Å². The third kappa shape index (κ3) is 4.19. The average molecular weight is 512 g/mol. The van der Waals surface area contributed by atoms with E-state index in [4.69, 9.17) is 0 Å². The van der Waals surface area contributed by atoms with Gasteiger partial charge < -0.3 is 9.80 Å². The van der Waals surface area contributed by atoms with Crippen LogP contribution < -0.4 is 4.90 Å². The predicted molar refractivity (Wildman–Crippen MR) is 129 cm³/mol. The number of piperazine rings is 1. The van der Waals surface area contributed by atoms with Gasteiger partial charge in [0.2, 0.25) is 0 Å². The lowest BCUT2D eigenvalue weighted by atomic mass is 9.99. The van der Waals surface area contributed by atoms with Gasteiger partial charge in [0.25, 0.3) is 5.91 Å². The van der Waals surface area contributed by atoms with Crippen LogP contribution in [0.25, 0.3) is 11.3 Å². The van der Waals surface area contributed by atoms with Crippen molar-refractivity contribution < 1.29 is 4.79 Å². The highest BCUT2D eigenvalue weighted by Crippen LogP contribution is 2.26. The molecule has 5 nitrogen and oxygen atoms in total. The smallest absolute Gasteiger partial charge is 0.255 e. The summed E-state index contributed by atoms with van der Waals surface area (Å²) >= 11 is 2.22. The Morgan fingerprint density at radius 2 is 1.57 bits per heavy atom. The fourth-order valence-corrected chi connectivity index (χ4v) is 4.44. The number of anilines is 1. The summed E-state index contributed by atoms with van der Waals surface area (Å²) in [5, 5.41) is 8.98. The molecule has 3 aromatic rings. The highest BCUT2D eigenvalue weighted by atomic mass is 127. The van der Waals surface area contributed by atoms with Crippen molar-refractivity contribution in [1.82, 2.24) is 15.1 Å². The molecular formula is C24H25IN4O. The molecule has 6 heteroatoms. The second kappa shape index (κ2) is 8.71. The van der Waals surface area contributed by atoms with Gasteiger partial charge in [0.1, 0.15) is 0 Å². The molecule has 0 saturated carbocycles. The number of halogens is 1. The normalized spacial score (nSPS) is 14.1. The number of aromatic nitrogens is 2. The van der Waals surface area contributed by atoms with Crippen LogP contribution in [0.15, 0.2) is 48.5 Å². The molecule has 0 atom stereocenters. The van der Waals surface area contributed by atoms with Crippen LogP contribution in [-0.4, -0.2) is 47.2 Å². The van der Waals surface area contributed by atoms with Crippen LogP contribution in [0.2, 0.25) is 0 Å².